The van der Waals surface area contributed by atoms with Gasteiger partial charge in [-0.3, -0.25) is 9.00 Å². The lowest BCUT2D eigenvalue weighted by molar-refractivity contribution is -0.136. The van der Waals surface area contributed by atoms with Gasteiger partial charge in [-0.15, -0.1) is 0 Å². The lowest BCUT2D eigenvalue weighted by Gasteiger charge is -2.23. The quantitative estimate of drug-likeness (QED) is 0.779. The van der Waals surface area contributed by atoms with Crippen molar-refractivity contribution in [1.29, 1.82) is 0 Å². The molecule has 1 rings (SSSR count). The van der Waals surface area contributed by atoms with Gasteiger partial charge >= 0.3 is 5.97 Å². The molecule has 0 aliphatic rings. The van der Waals surface area contributed by atoms with E-state index in [9.17, 15) is 13.6 Å². The highest BCUT2D eigenvalue weighted by Gasteiger charge is 2.08. The molecule has 0 saturated heterocycles. The second-order valence-electron chi connectivity index (χ2n) is 3.24. The van der Waals surface area contributed by atoms with Gasteiger partial charge in [-0.2, -0.15) is 0 Å². The van der Waals surface area contributed by atoms with Gasteiger partial charge in [-0.05, 0) is 18.1 Å². The number of aliphatic carboxylic acids is 1. The van der Waals surface area contributed by atoms with Crippen molar-refractivity contribution in [3.05, 3.63) is 29.8 Å². The minimum absolute atomic E-state index is 0.0175. The second kappa shape index (κ2) is 5.62. The summed E-state index contributed by atoms with van der Waals surface area (Å²) >= 11 is -2.35. The number of carboxylic acid groups (broad SMARTS) is 1. The fourth-order valence-electron chi connectivity index (χ4n) is 1.35. The average molecular weight is 242 g/mol. The predicted molar refractivity (Wildman–Crippen MR) is 59.7 cm³/mol. The maximum absolute atomic E-state index is 10.8. The van der Waals surface area contributed by atoms with Crippen molar-refractivity contribution >= 4 is 22.9 Å². The lowest BCUT2D eigenvalue weighted by Crippen LogP contribution is -2.21. The normalized spacial score (nSPS) is 12.1. The Labute approximate surface area is 96.1 Å². The molecule has 16 heavy (non-hydrogen) atoms. The average Bonchev–Trinajstić information content (AvgIpc) is 2.25. The Bertz CT molecular complexity index is 408. The number of anilines is 1. The zero-order chi connectivity index (χ0) is 12.1. The fraction of sp³-hybridized carbons (Fsp3) is 0.300. The van der Waals surface area contributed by atoms with E-state index in [-0.39, 0.29) is 6.42 Å². The van der Waals surface area contributed by atoms with Crippen molar-refractivity contribution in [1.82, 2.24) is 0 Å². The Hall–Kier alpha value is -1.40. The molecule has 0 radical (unpaired) electrons. The summed E-state index contributed by atoms with van der Waals surface area (Å²) in [4.78, 5) is 10.5. The van der Waals surface area contributed by atoms with Crippen LogP contribution in [0.4, 0.5) is 5.69 Å². The molecule has 0 fully saturated rings. The molecule has 0 saturated carbocycles. The molecule has 0 spiro atoms. The first-order chi connectivity index (χ1) is 7.52. The Morgan fingerprint density at radius 2 is 2.12 bits per heavy atom. The van der Waals surface area contributed by atoms with Crippen molar-refractivity contribution in [3.8, 4) is 0 Å². The van der Waals surface area contributed by atoms with E-state index in [0.29, 0.717) is 17.7 Å². The molecule has 1 aromatic rings. The molecule has 0 aromatic heterocycles. The molecular weight excluding hydrogens is 230 g/mol. The summed E-state index contributed by atoms with van der Waals surface area (Å²) in [5, 5.41) is 8.58. The van der Waals surface area contributed by atoms with Gasteiger partial charge in [0.2, 0.25) is 0 Å². The van der Waals surface area contributed by atoms with E-state index in [1.807, 2.05) is 0 Å². The first kappa shape index (κ1) is 12.7. The smallest absolute Gasteiger partial charge is 0.303 e. The van der Waals surface area contributed by atoms with Crippen LogP contribution >= 0.6 is 0 Å². The Balaban J connectivity index is 2.91. The Morgan fingerprint density at radius 1 is 1.50 bits per heavy atom. The maximum atomic E-state index is 10.8. The molecule has 5 nitrogen and oxygen atoms in total. The SMILES string of the molecule is CN(c1ccccc1CCC(=O)O)S(=O)[O-]. The standard InChI is InChI=1S/C10H13NO4S/c1-11(16(14)15)9-5-3-2-4-8(9)6-7-10(12)13/h2-5H,6-7H2,1H3,(H,12,13)(H,14,15)/p-1. The molecule has 0 amide bonds. The van der Waals surface area contributed by atoms with Crippen LogP contribution in [0.15, 0.2) is 24.3 Å². The number of hydrogen-bond donors (Lipinski definition) is 1. The van der Waals surface area contributed by atoms with Crippen LogP contribution in [0.5, 0.6) is 0 Å². The van der Waals surface area contributed by atoms with Crippen molar-refractivity contribution in [2.24, 2.45) is 0 Å². The summed E-state index contributed by atoms with van der Waals surface area (Å²) in [6.07, 6.45) is 0.295. The van der Waals surface area contributed by atoms with E-state index in [1.54, 1.807) is 24.3 Å². The second-order valence-corrected chi connectivity index (χ2v) is 4.22. The van der Waals surface area contributed by atoms with Crippen LogP contribution < -0.4 is 4.31 Å². The van der Waals surface area contributed by atoms with Gasteiger partial charge in [0.1, 0.15) is 0 Å². The Morgan fingerprint density at radius 3 is 2.69 bits per heavy atom. The third-order valence-corrected chi connectivity index (χ3v) is 2.81. The third kappa shape index (κ3) is 3.32. The van der Waals surface area contributed by atoms with Gasteiger partial charge in [0, 0.05) is 24.7 Å². The number of para-hydroxylation sites is 1. The summed E-state index contributed by atoms with van der Waals surface area (Å²) in [5.41, 5.74) is 1.22. The van der Waals surface area contributed by atoms with Crippen molar-refractivity contribution in [2.45, 2.75) is 12.8 Å². The number of carbonyl (C=O) groups is 1. The number of aryl methyl sites for hydroxylation is 1. The summed E-state index contributed by atoms with van der Waals surface area (Å²) < 4.78 is 22.7. The van der Waals surface area contributed by atoms with Crippen molar-refractivity contribution in [2.75, 3.05) is 11.4 Å². The van der Waals surface area contributed by atoms with Crippen molar-refractivity contribution < 1.29 is 18.7 Å². The highest BCUT2D eigenvalue weighted by Crippen LogP contribution is 2.21. The van der Waals surface area contributed by atoms with E-state index in [0.717, 1.165) is 4.31 Å². The zero-order valence-electron chi connectivity index (χ0n) is 8.75. The van der Waals surface area contributed by atoms with Gasteiger partial charge in [-0.1, -0.05) is 18.2 Å². The van der Waals surface area contributed by atoms with Crippen LogP contribution in [0.1, 0.15) is 12.0 Å². The van der Waals surface area contributed by atoms with Gasteiger partial charge in [0.15, 0.2) is 0 Å². The van der Waals surface area contributed by atoms with Crippen LogP contribution in [-0.2, 0) is 22.5 Å². The van der Waals surface area contributed by atoms with Gasteiger partial charge < -0.3 is 14.0 Å². The topological polar surface area (TPSA) is 80.7 Å². The molecular formula is C10H12NO4S-. The molecule has 0 aliphatic carbocycles. The van der Waals surface area contributed by atoms with E-state index >= 15 is 0 Å². The van der Waals surface area contributed by atoms with Crippen LogP contribution in [0, 0.1) is 0 Å². The Kier molecular flexibility index (Phi) is 4.45. The van der Waals surface area contributed by atoms with Gasteiger partial charge in [0.25, 0.3) is 0 Å². The fourth-order valence-corrected chi connectivity index (χ4v) is 1.69. The van der Waals surface area contributed by atoms with Crippen molar-refractivity contribution in [3.63, 3.8) is 0 Å². The minimum Gasteiger partial charge on any atom is -0.755 e. The number of hydrogen-bond acceptors (Lipinski definition) is 3. The highest BCUT2D eigenvalue weighted by molar-refractivity contribution is 7.80. The van der Waals surface area contributed by atoms with Crippen LogP contribution in [0.2, 0.25) is 0 Å². The maximum Gasteiger partial charge on any atom is 0.303 e. The first-order valence-corrected chi connectivity index (χ1v) is 5.68. The van der Waals surface area contributed by atoms with E-state index in [1.165, 1.54) is 7.05 Å². The number of nitrogens with zero attached hydrogens (tertiary/aromatic N) is 1. The monoisotopic (exact) mass is 242 g/mol. The third-order valence-electron chi connectivity index (χ3n) is 2.16. The largest absolute Gasteiger partial charge is 0.755 e. The van der Waals surface area contributed by atoms with E-state index < -0.39 is 17.2 Å². The van der Waals surface area contributed by atoms with Crippen LogP contribution in [-0.4, -0.2) is 26.9 Å². The molecule has 1 N–H and O–H groups in total. The number of benzene rings is 1. The molecule has 0 bridgehead atoms. The van der Waals surface area contributed by atoms with E-state index in [4.69, 9.17) is 5.11 Å². The summed E-state index contributed by atoms with van der Waals surface area (Å²) in [7, 11) is 1.42. The highest BCUT2D eigenvalue weighted by atomic mass is 32.2. The van der Waals surface area contributed by atoms with E-state index in [2.05, 4.69) is 0 Å². The lowest BCUT2D eigenvalue weighted by atomic mass is 10.1. The summed E-state index contributed by atoms with van der Waals surface area (Å²) in [5.74, 6) is -0.902. The number of carboxylic acids is 1. The van der Waals surface area contributed by atoms with Crippen LogP contribution in [0.3, 0.4) is 0 Å². The summed E-state index contributed by atoms with van der Waals surface area (Å²) in [6, 6.07) is 6.83. The van der Waals surface area contributed by atoms with Crippen LogP contribution in [0.25, 0.3) is 0 Å². The molecule has 1 aromatic carbocycles. The minimum atomic E-state index is -2.35. The summed E-state index contributed by atoms with van der Waals surface area (Å²) in [6.45, 7) is 0. The molecule has 0 aliphatic heterocycles. The predicted octanol–water partition coefficient (Wildman–Crippen LogP) is 0.934. The molecule has 0 heterocycles. The number of rotatable bonds is 5. The molecule has 1 unspecified atom stereocenters. The van der Waals surface area contributed by atoms with Gasteiger partial charge in [-0.25, -0.2) is 0 Å². The molecule has 6 heteroatoms. The first-order valence-electron chi connectivity index (χ1n) is 4.65. The molecule has 88 valence electrons. The van der Waals surface area contributed by atoms with Gasteiger partial charge in [0.05, 0.1) is 5.69 Å². The zero-order valence-corrected chi connectivity index (χ0v) is 9.57. The molecule has 1 atom stereocenters.